The number of Topliss-reactive ketones (excluding diaryl/α,β-unsaturated/α-hetero) is 1. The third-order valence-electron chi connectivity index (χ3n) is 3.61. The van der Waals surface area contributed by atoms with Gasteiger partial charge in [-0.05, 0) is 54.8 Å². The summed E-state index contributed by atoms with van der Waals surface area (Å²) >= 11 is 18.2. The molecule has 2 nitrogen and oxygen atoms in total. The van der Waals surface area contributed by atoms with Crippen LogP contribution in [0.15, 0.2) is 42.5 Å². The fraction of sp³-hybridized carbons (Fsp3) is 0.235. The van der Waals surface area contributed by atoms with Crippen molar-refractivity contribution in [3.63, 3.8) is 0 Å². The second-order valence-electron chi connectivity index (χ2n) is 5.37. The molecule has 1 saturated carbocycles. The molecule has 5 heteroatoms. The first-order chi connectivity index (χ1) is 10.5. The van der Waals surface area contributed by atoms with E-state index >= 15 is 0 Å². The Morgan fingerprint density at radius 1 is 1.05 bits per heavy atom. The molecule has 3 rings (SSSR count). The maximum absolute atomic E-state index is 12.0. The third kappa shape index (κ3) is 3.57. The molecule has 0 aromatic heterocycles. The predicted molar refractivity (Wildman–Crippen MR) is 89.5 cm³/mol. The van der Waals surface area contributed by atoms with Crippen molar-refractivity contribution in [1.29, 1.82) is 0 Å². The minimum atomic E-state index is -0.651. The Morgan fingerprint density at radius 3 is 2.27 bits per heavy atom. The summed E-state index contributed by atoms with van der Waals surface area (Å²) in [5.41, 5.74) is 0.766. The summed E-state index contributed by atoms with van der Waals surface area (Å²) in [5, 5.41) is 1.15. The molecule has 0 atom stereocenters. The van der Waals surface area contributed by atoms with E-state index in [9.17, 15) is 4.79 Å². The molecule has 0 bridgehead atoms. The van der Waals surface area contributed by atoms with E-state index in [2.05, 4.69) is 0 Å². The number of benzene rings is 2. The summed E-state index contributed by atoms with van der Waals surface area (Å²) in [7, 11) is 0. The Morgan fingerprint density at radius 2 is 1.68 bits per heavy atom. The van der Waals surface area contributed by atoms with Gasteiger partial charge in [0.15, 0.2) is 5.78 Å². The molecule has 0 unspecified atom stereocenters. The van der Waals surface area contributed by atoms with Crippen LogP contribution in [0, 0.1) is 0 Å². The Hall–Kier alpha value is -1.22. The standard InChI is InChI=1S/C17H13Cl3O2/c18-12-2-5-13(6-3-12)22-14-4-1-11(15(19)10-14)9-16(21)17(20)7-8-17/h1-6,10H,7-9H2. The topological polar surface area (TPSA) is 26.3 Å². The van der Waals surface area contributed by atoms with E-state index in [0.717, 1.165) is 18.4 Å². The zero-order valence-electron chi connectivity index (χ0n) is 11.6. The first kappa shape index (κ1) is 15.7. The SMILES string of the molecule is O=C(Cc1ccc(Oc2ccc(Cl)cc2)cc1Cl)C1(Cl)CC1. The number of hydrogen-bond donors (Lipinski definition) is 0. The number of hydrogen-bond acceptors (Lipinski definition) is 2. The van der Waals surface area contributed by atoms with Gasteiger partial charge in [0.05, 0.1) is 0 Å². The number of ketones is 1. The van der Waals surface area contributed by atoms with Gasteiger partial charge in [-0.1, -0.05) is 29.3 Å². The van der Waals surface area contributed by atoms with Gasteiger partial charge in [0, 0.05) is 16.5 Å². The molecule has 0 aliphatic heterocycles. The van der Waals surface area contributed by atoms with Gasteiger partial charge in [0.1, 0.15) is 16.4 Å². The first-order valence-corrected chi connectivity index (χ1v) is 8.04. The lowest BCUT2D eigenvalue weighted by atomic mass is 10.1. The van der Waals surface area contributed by atoms with E-state index in [1.54, 1.807) is 42.5 Å². The summed E-state index contributed by atoms with van der Waals surface area (Å²) in [6, 6.07) is 12.3. The van der Waals surface area contributed by atoms with Crippen LogP contribution in [0.25, 0.3) is 0 Å². The van der Waals surface area contributed by atoms with Gasteiger partial charge in [-0.25, -0.2) is 0 Å². The van der Waals surface area contributed by atoms with Gasteiger partial charge in [-0.2, -0.15) is 0 Å². The predicted octanol–water partition coefficient (Wildman–Crippen LogP) is 5.67. The molecular formula is C17H13Cl3O2. The van der Waals surface area contributed by atoms with Crippen LogP contribution in [-0.4, -0.2) is 10.7 Å². The number of alkyl halides is 1. The van der Waals surface area contributed by atoms with Gasteiger partial charge in [-0.3, -0.25) is 4.79 Å². The van der Waals surface area contributed by atoms with Crippen LogP contribution in [0.5, 0.6) is 11.5 Å². The summed E-state index contributed by atoms with van der Waals surface area (Å²) in [6.45, 7) is 0. The van der Waals surface area contributed by atoms with Crippen molar-refractivity contribution < 1.29 is 9.53 Å². The summed E-state index contributed by atoms with van der Waals surface area (Å²) in [4.78, 5) is 11.4. The smallest absolute Gasteiger partial charge is 0.158 e. The lowest BCUT2D eigenvalue weighted by Crippen LogP contribution is -2.18. The molecule has 0 heterocycles. The van der Waals surface area contributed by atoms with Crippen molar-refractivity contribution in [3.05, 3.63) is 58.1 Å². The highest BCUT2D eigenvalue weighted by molar-refractivity contribution is 6.38. The normalized spacial score (nSPS) is 15.4. The Bertz CT molecular complexity index is 706. The molecule has 0 spiro atoms. The van der Waals surface area contributed by atoms with Gasteiger partial charge in [-0.15, -0.1) is 11.6 Å². The van der Waals surface area contributed by atoms with Gasteiger partial charge in [0.2, 0.25) is 0 Å². The highest BCUT2D eigenvalue weighted by Crippen LogP contribution is 2.44. The molecule has 0 amide bonds. The number of ether oxygens (including phenoxy) is 1. The molecule has 0 radical (unpaired) electrons. The minimum Gasteiger partial charge on any atom is -0.457 e. The van der Waals surface area contributed by atoms with Crippen LogP contribution in [0.4, 0.5) is 0 Å². The molecule has 1 fully saturated rings. The quantitative estimate of drug-likeness (QED) is 0.646. The highest BCUT2D eigenvalue weighted by atomic mass is 35.5. The zero-order chi connectivity index (χ0) is 15.7. The van der Waals surface area contributed by atoms with Crippen molar-refractivity contribution in [2.24, 2.45) is 0 Å². The molecule has 1 aliphatic rings. The van der Waals surface area contributed by atoms with Crippen LogP contribution in [-0.2, 0) is 11.2 Å². The Labute approximate surface area is 143 Å². The maximum atomic E-state index is 12.0. The highest BCUT2D eigenvalue weighted by Gasteiger charge is 2.47. The van der Waals surface area contributed by atoms with Crippen molar-refractivity contribution in [3.8, 4) is 11.5 Å². The van der Waals surface area contributed by atoms with Gasteiger partial charge in [0.25, 0.3) is 0 Å². The van der Waals surface area contributed by atoms with Gasteiger partial charge < -0.3 is 4.74 Å². The van der Waals surface area contributed by atoms with Crippen molar-refractivity contribution >= 4 is 40.6 Å². The number of halogens is 3. The van der Waals surface area contributed by atoms with E-state index in [1.807, 2.05) is 0 Å². The summed E-state index contributed by atoms with van der Waals surface area (Å²) < 4.78 is 5.70. The van der Waals surface area contributed by atoms with Crippen molar-refractivity contribution in [2.75, 3.05) is 0 Å². The second kappa shape index (κ2) is 6.11. The Kier molecular flexibility index (Phi) is 4.35. The van der Waals surface area contributed by atoms with E-state index < -0.39 is 4.87 Å². The van der Waals surface area contributed by atoms with E-state index in [-0.39, 0.29) is 12.2 Å². The van der Waals surface area contributed by atoms with E-state index in [0.29, 0.717) is 21.5 Å². The number of carbonyl (C=O) groups is 1. The van der Waals surface area contributed by atoms with Crippen LogP contribution in [0.3, 0.4) is 0 Å². The van der Waals surface area contributed by atoms with Crippen LogP contribution < -0.4 is 4.74 Å². The van der Waals surface area contributed by atoms with Crippen LogP contribution in [0.1, 0.15) is 18.4 Å². The average molecular weight is 356 g/mol. The Balaban J connectivity index is 1.71. The fourth-order valence-electron chi connectivity index (χ4n) is 2.09. The summed E-state index contributed by atoms with van der Waals surface area (Å²) in [6.07, 6.45) is 1.76. The van der Waals surface area contributed by atoms with Crippen LogP contribution in [0.2, 0.25) is 10.0 Å². The zero-order valence-corrected chi connectivity index (χ0v) is 13.9. The van der Waals surface area contributed by atoms with E-state index in [4.69, 9.17) is 39.5 Å². The molecule has 0 N–H and O–H groups in total. The first-order valence-electron chi connectivity index (χ1n) is 6.90. The van der Waals surface area contributed by atoms with E-state index in [1.165, 1.54) is 0 Å². The van der Waals surface area contributed by atoms with Crippen LogP contribution >= 0.6 is 34.8 Å². The lowest BCUT2D eigenvalue weighted by Gasteiger charge is -2.10. The molecule has 2 aromatic carbocycles. The molecule has 0 saturated heterocycles. The molecule has 2 aromatic rings. The second-order valence-corrected chi connectivity index (χ2v) is 6.94. The monoisotopic (exact) mass is 354 g/mol. The number of rotatable bonds is 5. The largest absolute Gasteiger partial charge is 0.457 e. The molecule has 1 aliphatic carbocycles. The molecule has 22 heavy (non-hydrogen) atoms. The molecular weight excluding hydrogens is 343 g/mol. The number of carbonyl (C=O) groups excluding carboxylic acids is 1. The van der Waals surface area contributed by atoms with Crippen molar-refractivity contribution in [2.45, 2.75) is 24.1 Å². The van der Waals surface area contributed by atoms with Crippen molar-refractivity contribution in [1.82, 2.24) is 0 Å². The fourth-order valence-corrected chi connectivity index (χ4v) is 2.62. The third-order valence-corrected chi connectivity index (χ3v) is 4.81. The maximum Gasteiger partial charge on any atom is 0.158 e. The average Bonchev–Trinajstić information content (AvgIpc) is 3.23. The minimum absolute atomic E-state index is 0.0300. The lowest BCUT2D eigenvalue weighted by molar-refractivity contribution is -0.118. The van der Waals surface area contributed by atoms with Gasteiger partial charge >= 0.3 is 0 Å². The molecule has 114 valence electrons. The summed E-state index contributed by atoms with van der Waals surface area (Å²) in [5.74, 6) is 1.31.